The van der Waals surface area contributed by atoms with Gasteiger partial charge in [0.25, 0.3) is 0 Å². The van der Waals surface area contributed by atoms with Crippen LogP contribution in [0.2, 0.25) is 0 Å². The number of carboxylic acids is 1. The summed E-state index contributed by atoms with van der Waals surface area (Å²) in [6, 6.07) is -1.17. The topological polar surface area (TPSA) is 98.1 Å². The summed E-state index contributed by atoms with van der Waals surface area (Å²) < 4.78 is 0. The van der Waals surface area contributed by atoms with Gasteiger partial charge < -0.3 is 15.3 Å². The van der Waals surface area contributed by atoms with Crippen molar-refractivity contribution in [2.45, 2.75) is 12.5 Å². The Balaban J connectivity index is 4.28. The zero-order chi connectivity index (χ0) is 9.72. The normalized spacial score (nSPS) is 12.2. The molecule has 0 spiro atoms. The lowest BCUT2D eigenvalue weighted by atomic mass is 10.2. The molecule has 0 aliphatic heterocycles. The van der Waals surface area contributed by atoms with Gasteiger partial charge in [-0.15, -0.1) is 0 Å². The van der Waals surface area contributed by atoms with Gasteiger partial charge in [0.1, 0.15) is 6.04 Å². The second-order valence-electron chi connectivity index (χ2n) is 2.26. The van der Waals surface area contributed by atoms with E-state index in [-0.39, 0.29) is 13.0 Å². The zero-order valence-corrected chi connectivity index (χ0v) is 6.60. The Bertz CT molecular complexity index is 181. The molecule has 1 amide bonds. The molecule has 6 heteroatoms. The van der Waals surface area contributed by atoms with E-state index in [9.17, 15) is 9.59 Å². The van der Waals surface area contributed by atoms with Crippen LogP contribution in [-0.2, 0) is 4.79 Å². The van der Waals surface area contributed by atoms with Crippen LogP contribution in [0.1, 0.15) is 6.42 Å². The number of amides is 1. The van der Waals surface area contributed by atoms with Crippen LogP contribution in [0.4, 0.5) is 4.79 Å². The largest absolute Gasteiger partial charge is 0.480 e. The second kappa shape index (κ2) is 4.55. The first-order valence-corrected chi connectivity index (χ1v) is 3.30. The predicted molar refractivity (Wildman–Crippen MR) is 38.9 cm³/mol. The van der Waals surface area contributed by atoms with Crippen molar-refractivity contribution in [3.8, 4) is 0 Å². The lowest BCUT2D eigenvalue weighted by Gasteiger charge is -2.20. The molecule has 0 aliphatic rings. The highest BCUT2D eigenvalue weighted by Gasteiger charge is 2.25. The molecule has 0 saturated carbocycles. The fourth-order valence-corrected chi connectivity index (χ4v) is 0.738. The van der Waals surface area contributed by atoms with Crippen molar-refractivity contribution in [3.63, 3.8) is 0 Å². The number of nitrogens with zero attached hydrogens (tertiary/aromatic N) is 1. The van der Waals surface area contributed by atoms with Crippen molar-refractivity contribution in [3.05, 3.63) is 0 Å². The van der Waals surface area contributed by atoms with Crippen molar-refractivity contribution in [2.24, 2.45) is 0 Å². The Labute approximate surface area is 69.0 Å². The maximum atomic E-state index is 10.4. The van der Waals surface area contributed by atoms with Crippen LogP contribution in [0.3, 0.4) is 0 Å². The SMILES string of the molecule is CN(C(=O)O)C(CCO)C(=O)O. The monoisotopic (exact) mass is 177 g/mol. The van der Waals surface area contributed by atoms with Gasteiger partial charge in [-0.3, -0.25) is 4.90 Å². The van der Waals surface area contributed by atoms with Crippen LogP contribution in [-0.4, -0.2) is 52.0 Å². The first-order valence-electron chi connectivity index (χ1n) is 3.30. The van der Waals surface area contributed by atoms with Gasteiger partial charge in [-0.05, 0) is 0 Å². The predicted octanol–water partition coefficient (Wildman–Crippen LogP) is -0.568. The molecule has 1 unspecified atom stereocenters. The van der Waals surface area contributed by atoms with Gasteiger partial charge >= 0.3 is 12.1 Å². The van der Waals surface area contributed by atoms with Crippen LogP contribution in [0, 0.1) is 0 Å². The van der Waals surface area contributed by atoms with Crippen molar-refractivity contribution >= 4 is 12.1 Å². The number of aliphatic hydroxyl groups is 1. The summed E-state index contributed by atoms with van der Waals surface area (Å²) >= 11 is 0. The standard InChI is InChI=1S/C6H11NO5/c1-7(6(11)12)4(2-3-8)5(9)10/h4,8H,2-3H2,1H3,(H,9,10)(H,11,12). The minimum atomic E-state index is -1.32. The third-order valence-corrected chi connectivity index (χ3v) is 1.46. The van der Waals surface area contributed by atoms with Gasteiger partial charge in [0.2, 0.25) is 0 Å². The summed E-state index contributed by atoms with van der Waals surface area (Å²) in [7, 11) is 1.15. The van der Waals surface area contributed by atoms with Gasteiger partial charge in [0, 0.05) is 20.1 Å². The van der Waals surface area contributed by atoms with Crippen LogP contribution in [0.25, 0.3) is 0 Å². The molecule has 0 aromatic heterocycles. The zero-order valence-electron chi connectivity index (χ0n) is 6.60. The summed E-state index contributed by atoms with van der Waals surface area (Å²) in [5, 5.41) is 25.3. The summed E-state index contributed by atoms with van der Waals surface area (Å²) in [4.78, 5) is 21.4. The number of carboxylic acid groups (broad SMARTS) is 2. The maximum absolute atomic E-state index is 10.4. The fraction of sp³-hybridized carbons (Fsp3) is 0.667. The van der Waals surface area contributed by atoms with E-state index >= 15 is 0 Å². The van der Waals surface area contributed by atoms with Gasteiger partial charge in [0.15, 0.2) is 0 Å². The molecule has 0 radical (unpaired) electrons. The number of aliphatic hydroxyl groups excluding tert-OH is 1. The first kappa shape index (κ1) is 10.7. The van der Waals surface area contributed by atoms with Gasteiger partial charge in [-0.2, -0.15) is 0 Å². The molecule has 0 rings (SSSR count). The minimum absolute atomic E-state index is 0.0991. The number of hydrogen-bond donors (Lipinski definition) is 3. The molecule has 0 heterocycles. The van der Waals surface area contributed by atoms with Crippen molar-refractivity contribution in [1.29, 1.82) is 0 Å². The van der Waals surface area contributed by atoms with Crippen LogP contribution in [0.5, 0.6) is 0 Å². The summed E-state index contributed by atoms with van der Waals surface area (Å²) in [6.45, 7) is -0.353. The van der Waals surface area contributed by atoms with Crippen LogP contribution in [0.15, 0.2) is 0 Å². The Morgan fingerprint density at radius 3 is 2.17 bits per heavy atom. The number of hydrogen-bond acceptors (Lipinski definition) is 3. The molecular weight excluding hydrogens is 166 g/mol. The molecule has 0 aromatic rings. The quantitative estimate of drug-likeness (QED) is 0.534. The highest BCUT2D eigenvalue weighted by molar-refractivity contribution is 5.79. The molecule has 1 atom stereocenters. The molecular formula is C6H11NO5. The fourth-order valence-electron chi connectivity index (χ4n) is 0.738. The average molecular weight is 177 g/mol. The Kier molecular flexibility index (Phi) is 4.06. The number of likely N-dealkylation sites (N-methyl/N-ethyl adjacent to an activating group) is 1. The van der Waals surface area contributed by atoms with E-state index in [4.69, 9.17) is 15.3 Å². The smallest absolute Gasteiger partial charge is 0.407 e. The molecule has 70 valence electrons. The molecule has 0 aromatic carbocycles. The van der Waals surface area contributed by atoms with E-state index in [0.29, 0.717) is 4.90 Å². The van der Waals surface area contributed by atoms with Gasteiger partial charge in [-0.25, -0.2) is 9.59 Å². The van der Waals surface area contributed by atoms with Crippen molar-refractivity contribution in [1.82, 2.24) is 4.90 Å². The van der Waals surface area contributed by atoms with E-state index < -0.39 is 18.1 Å². The third-order valence-electron chi connectivity index (χ3n) is 1.46. The number of rotatable bonds is 4. The molecule has 0 saturated heterocycles. The Morgan fingerprint density at radius 2 is 1.92 bits per heavy atom. The second-order valence-corrected chi connectivity index (χ2v) is 2.26. The molecule has 6 nitrogen and oxygen atoms in total. The lowest BCUT2D eigenvalue weighted by molar-refractivity contribution is -0.142. The summed E-state index contributed by atoms with van der Waals surface area (Å²) in [5.74, 6) is -1.26. The first-order chi connectivity index (χ1) is 5.50. The van der Waals surface area contributed by atoms with Crippen LogP contribution >= 0.6 is 0 Å². The van der Waals surface area contributed by atoms with E-state index in [1.165, 1.54) is 0 Å². The summed E-state index contributed by atoms with van der Waals surface area (Å²) in [5.41, 5.74) is 0. The molecule has 3 N–H and O–H groups in total. The van der Waals surface area contributed by atoms with E-state index in [0.717, 1.165) is 7.05 Å². The van der Waals surface area contributed by atoms with E-state index in [2.05, 4.69) is 0 Å². The molecule has 0 aliphatic carbocycles. The highest BCUT2D eigenvalue weighted by atomic mass is 16.4. The van der Waals surface area contributed by atoms with Crippen molar-refractivity contribution in [2.75, 3.05) is 13.7 Å². The third kappa shape index (κ3) is 2.75. The van der Waals surface area contributed by atoms with Gasteiger partial charge in [-0.1, -0.05) is 0 Å². The Hall–Kier alpha value is -1.30. The highest BCUT2D eigenvalue weighted by Crippen LogP contribution is 2.01. The summed E-state index contributed by atoms with van der Waals surface area (Å²) in [6.07, 6.45) is -1.42. The molecule has 0 bridgehead atoms. The number of carbonyl (C=O) groups is 2. The van der Waals surface area contributed by atoms with E-state index in [1.807, 2.05) is 0 Å². The molecule has 0 fully saturated rings. The van der Waals surface area contributed by atoms with Crippen LogP contribution < -0.4 is 0 Å². The average Bonchev–Trinajstić information content (AvgIpc) is 1.98. The maximum Gasteiger partial charge on any atom is 0.407 e. The molecule has 12 heavy (non-hydrogen) atoms. The van der Waals surface area contributed by atoms with Gasteiger partial charge in [0.05, 0.1) is 0 Å². The van der Waals surface area contributed by atoms with Crippen molar-refractivity contribution < 1.29 is 24.9 Å². The van der Waals surface area contributed by atoms with E-state index in [1.54, 1.807) is 0 Å². The number of aliphatic carboxylic acids is 1. The lowest BCUT2D eigenvalue weighted by Crippen LogP contribution is -2.42. The minimum Gasteiger partial charge on any atom is -0.480 e. The Morgan fingerprint density at radius 1 is 1.42 bits per heavy atom.